The quantitative estimate of drug-likeness (QED) is 0.623. The number of ether oxygens (including phenoxy) is 2. The Bertz CT molecular complexity index is 724. The first-order valence-corrected chi connectivity index (χ1v) is 5.98. The molecule has 2 heterocycles. The summed E-state index contributed by atoms with van der Waals surface area (Å²) in [7, 11) is 0. The Labute approximate surface area is 118 Å². The summed E-state index contributed by atoms with van der Waals surface area (Å²) >= 11 is 0. The Morgan fingerprint density at radius 2 is 2.14 bits per heavy atom. The van der Waals surface area contributed by atoms with Gasteiger partial charge in [-0.15, -0.1) is 0 Å². The van der Waals surface area contributed by atoms with E-state index in [2.05, 4.69) is 25.5 Å². The van der Waals surface area contributed by atoms with Crippen LogP contribution in [0.4, 0.5) is 5.82 Å². The third-order valence-electron chi connectivity index (χ3n) is 2.84. The lowest BCUT2D eigenvalue weighted by atomic mass is 10.1. The van der Waals surface area contributed by atoms with E-state index in [1.54, 1.807) is 19.1 Å². The van der Waals surface area contributed by atoms with Gasteiger partial charge in [-0.2, -0.15) is 5.10 Å². The average molecular weight is 289 g/mol. The van der Waals surface area contributed by atoms with Crippen molar-refractivity contribution < 1.29 is 18.9 Å². The van der Waals surface area contributed by atoms with Gasteiger partial charge in [-0.25, -0.2) is 10.1 Å². The van der Waals surface area contributed by atoms with E-state index in [9.17, 15) is 4.79 Å². The number of hydrazone groups is 1. The summed E-state index contributed by atoms with van der Waals surface area (Å²) < 4.78 is 14.8. The second-order valence-corrected chi connectivity index (χ2v) is 4.20. The van der Waals surface area contributed by atoms with Gasteiger partial charge in [0.25, 0.3) is 5.91 Å². The van der Waals surface area contributed by atoms with Crippen LogP contribution in [0.3, 0.4) is 0 Å². The van der Waals surface area contributed by atoms with Crippen molar-refractivity contribution in [2.24, 2.45) is 5.10 Å². The lowest BCUT2D eigenvalue weighted by Gasteiger charge is -2.03. The fourth-order valence-corrected chi connectivity index (χ4v) is 1.73. The van der Waals surface area contributed by atoms with E-state index in [1.165, 1.54) is 0 Å². The van der Waals surface area contributed by atoms with Gasteiger partial charge in [-0.1, -0.05) is 0 Å². The number of aromatic nitrogens is 2. The van der Waals surface area contributed by atoms with Crippen molar-refractivity contribution in [2.45, 2.75) is 6.92 Å². The van der Waals surface area contributed by atoms with Crippen LogP contribution >= 0.6 is 0 Å². The molecule has 1 amide bonds. The molecule has 108 valence electrons. The van der Waals surface area contributed by atoms with E-state index in [-0.39, 0.29) is 18.3 Å². The van der Waals surface area contributed by atoms with Crippen molar-refractivity contribution >= 4 is 17.4 Å². The van der Waals surface area contributed by atoms with Crippen LogP contribution in [0.1, 0.15) is 23.0 Å². The number of nitrogens with one attached hydrogen (secondary N) is 1. The first-order chi connectivity index (χ1) is 10.1. The zero-order valence-corrected chi connectivity index (χ0v) is 11.0. The fourth-order valence-electron chi connectivity index (χ4n) is 1.73. The van der Waals surface area contributed by atoms with Crippen LogP contribution < -0.4 is 20.6 Å². The highest BCUT2D eigenvalue weighted by atomic mass is 16.7. The molecular formula is C12H11N5O4. The highest BCUT2D eigenvalue weighted by molar-refractivity contribution is 6.01. The van der Waals surface area contributed by atoms with E-state index < -0.39 is 5.91 Å². The minimum atomic E-state index is -0.603. The molecule has 9 nitrogen and oxygen atoms in total. The Morgan fingerprint density at radius 3 is 2.90 bits per heavy atom. The van der Waals surface area contributed by atoms with Crippen LogP contribution in [0, 0.1) is 0 Å². The molecule has 21 heavy (non-hydrogen) atoms. The molecule has 0 bridgehead atoms. The van der Waals surface area contributed by atoms with Gasteiger partial charge in [-0.05, 0) is 35.4 Å². The largest absolute Gasteiger partial charge is 0.454 e. The zero-order valence-electron chi connectivity index (χ0n) is 11.0. The second kappa shape index (κ2) is 5.12. The Balaban J connectivity index is 1.74. The van der Waals surface area contributed by atoms with Crippen LogP contribution in [0.15, 0.2) is 27.9 Å². The predicted molar refractivity (Wildman–Crippen MR) is 71.0 cm³/mol. The second-order valence-electron chi connectivity index (χ2n) is 4.20. The Morgan fingerprint density at radius 1 is 1.33 bits per heavy atom. The van der Waals surface area contributed by atoms with Crippen molar-refractivity contribution in [3.8, 4) is 11.5 Å². The molecule has 3 N–H and O–H groups in total. The third-order valence-corrected chi connectivity index (χ3v) is 2.84. The van der Waals surface area contributed by atoms with Crippen LogP contribution in [0.25, 0.3) is 0 Å². The summed E-state index contributed by atoms with van der Waals surface area (Å²) in [6.45, 7) is 1.94. The number of nitrogen functional groups attached to an aromatic ring is 1. The maximum atomic E-state index is 11.7. The number of carbonyl (C=O) groups is 1. The Kier molecular flexibility index (Phi) is 3.14. The summed E-state index contributed by atoms with van der Waals surface area (Å²) in [5.41, 5.74) is 8.99. The minimum absolute atomic E-state index is 0.0940. The van der Waals surface area contributed by atoms with E-state index in [4.69, 9.17) is 15.2 Å². The molecule has 1 aromatic heterocycles. The molecule has 9 heteroatoms. The Hall–Kier alpha value is -3.10. The third kappa shape index (κ3) is 2.48. The smallest absolute Gasteiger partial charge is 0.297 e. The molecule has 1 aromatic carbocycles. The van der Waals surface area contributed by atoms with Crippen molar-refractivity contribution in [1.82, 2.24) is 15.7 Å². The number of carbonyl (C=O) groups excluding carboxylic acids is 1. The molecule has 1 aliphatic rings. The molecule has 0 spiro atoms. The highest BCUT2D eigenvalue weighted by Crippen LogP contribution is 2.32. The molecule has 0 saturated carbocycles. The lowest BCUT2D eigenvalue weighted by molar-refractivity contribution is 0.0945. The molecule has 0 aliphatic carbocycles. The van der Waals surface area contributed by atoms with E-state index in [0.717, 1.165) is 5.56 Å². The van der Waals surface area contributed by atoms with Gasteiger partial charge in [0.1, 0.15) is 0 Å². The number of hydrogen-bond acceptors (Lipinski definition) is 8. The summed E-state index contributed by atoms with van der Waals surface area (Å²) in [4.78, 5) is 11.7. The van der Waals surface area contributed by atoms with Gasteiger partial charge < -0.3 is 15.2 Å². The van der Waals surface area contributed by atoms with Gasteiger partial charge in [0.2, 0.25) is 18.3 Å². The number of hydrogen-bond donors (Lipinski definition) is 2. The minimum Gasteiger partial charge on any atom is -0.454 e. The summed E-state index contributed by atoms with van der Waals surface area (Å²) in [5, 5.41) is 10.7. The summed E-state index contributed by atoms with van der Waals surface area (Å²) in [6, 6.07) is 5.36. The number of nitrogens with two attached hydrogens (primary N) is 1. The maximum absolute atomic E-state index is 11.7. The van der Waals surface area contributed by atoms with Crippen molar-refractivity contribution in [3.05, 3.63) is 29.5 Å². The highest BCUT2D eigenvalue weighted by Gasteiger charge is 2.16. The average Bonchev–Trinajstić information content (AvgIpc) is 3.11. The molecule has 0 unspecified atom stereocenters. The standard InChI is InChI=1S/C12H11N5O4/c1-6(7-2-3-8-9(4-7)20-5-19-8)14-15-12(18)10-11(13)17-21-16-10/h2-4H,5H2,1H3,(H2,13,17)(H,15,18)/b14-6-. The topological polar surface area (TPSA) is 125 Å². The van der Waals surface area contributed by atoms with Crippen molar-refractivity contribution in [2.75, 3.05) is 12.5 Å². The molecule has 0 radical (unpaired) electrons. The molecule has 1 aliphatic heterocycles. The number of amides is 1. The number of anilines is 1. The molecule has 2 aromatic rings. The number of fused-ring (bicyclic) bond motifs is 1. The SMILES string of the molecule is C/C(=N/NC(=O)c1nonc1N)c1ccc2c(c1)OCO2. The van der Waals surface area contributed by atoms with Gasteiger partial charge in [0.15, 0.2) is 11.5 Å². The van der Waals surface area contributed by atoms with Crippen molar-refractivity contribution in [3.63, 3.8) is 0 Å². The molecule has 0 fully saturated rings. The van der Waals surface area contributed by atoms with Crippen LogP contribution in [0.2, 0.25) is 0 Å². The van der Waals surface area contributed by atoms with E-state index in [0.29, 0.717) is 17.2 Å². The lowest BCUT2D eigenvalue weighted by Crippen LogP contribution is -2.20. The predicted octanol–water partition coefficient (Wildman–Crippen LogP) is 0.534. The number of benzene rings is 1. The molecule has 0 atom stereocenters. The fraction of sp³-hybridized carbons (Fsp3) is 0.167. The van der Waals surface area contributed by atoms with Gasteiger partial charge in [0.05, 0.1) is 5.71 Å². The van der Waals surface area contributed by atoms with E-state index >= 15 is 0 Å². The molecule has 3 rings (SSSR count). The summed E-state index contributed by atoms with van der Waals surface area (Å²) in [6.07, 6.45) is 0. The summed E-state index contributed by atoms with van der Waals surface area (Å²) in [5.74, 6) is 0.618. The first kappa shape index (κ1) is 12.9. The van der Waals surface area contributed by atoms with E-state index in [1.807, 2.05) is 6.07 Å². The zero-order chi connectivity index (χ0) is 14.8. The number of rotatable bonds is 3. The number of nitrogens with zero attached hydrogens (tertiary/aromatic N) is 3. The first-order valence-electron chi connectivity index (χ1n) is 5.98. The normalized spacial score (nSPS) is 13.3. The monoisotopic (exact) mass is 289 g/mol. The van der Waals surface area contributed by atoms with Gasteiger partial charge in [0, 0.05) is 5.56 Å². The van der Waals surface area contributed by atoms with Gasteiger partial charge in [-0.3, -0.25) is 4.79 Å². The van der Waals surface area contributed by atoms with Crippen LogP contribution in [0.5, 0.6) is 11.5 Å². The maximum Gasteiger partial charge on any atom is 0.297 e. The van der Waals surface area contributed by atoms with Crippen molar-refractivity contribution in [1.29, 1.82) is 0 Å². The molecular weight excluding hydrogens is 278 g/mol. The molecule has 0 saturated heterocycles. The van der Waals surface area contributed by atoms with Gasteiger partial charge >= 0.3 is 0 Å². The van der Waals surface area contributed by atoms with Crippen LogP contribution in [-0.4, -0.2) is 28.7 Å². The van der Waals surface area contributed by atoms with Crippen LogP contribution in [-0.2, 0) is 0 Å².